The molecule has 2 aliphatic rings. The zero-order valence-corrected chi connectivity index (χ0v) is 17.0. The average Bonchev–Trinajstić information content (AvgIpc) is 2.67. The summed E-state index contributed by atoms with van der Waals surface area (Å²) in [6, 6.07) is 8.96. The van der Waals surface area contributed by atoms with Gasteiger partial charge in [-0.3, -0.25) is 4.90 Å². The Hall–Kier alpha value is -1.64. The van der Waals surface area contributed by atoms with Crippen molar-refractivity contribution in [2.45, 2.75) is 38.9 Å². The van der Waals surface area contributed by atoms with Crippen LogP contribution in [0.2, 0.25) is 0 Å². The van der Waals surface area contributed by atoms with Crippen molar-refractivity contribution in [3.05, 3.63) is 35.4 Å². The van der Waals surface area contributed by atoms with Crippen molar-refractivity contribution in [3.63, 3.8) is 0 Å². The first kappa shape index (κ1) is 23.6. The van der Waals surface area contributed by atoms with Crippen LogP contribution in [0.1, 0.15) is 30.4 Å². The number of rotatable bonds is 4. The van der Waals surface area contributed by atoms with Gasteiger partial charge in [0, 0.05) is 26.2 Å². The summed E-state index contributed by atoms with van der Waals surface area (Å²) >= 11 is 0. The normalized spacial score (nSPS) is 22.0. The lowest BCUT2D eigenvalue weighted by Crippen LogP contribution is -2.49. The van der Waals surface area contributed by atoms with Gasteiger partial charge >= 0.3 is 12.1 Å². The van der Waals surface area contributed by atoms with Gasteiger partial charge in [0.2, 0.25) is 0 Å². The molecule has 2 heterocycles. The molecule has 1 N–H and O–H groups in total. The van der Waals surface area contributed by atoms with Gasteiger partial charge in [-0.1, -0.05) is 29.8 Å². The number of aryl methyl sites for hydroxylation is 1. The van der Waals surface area contributed by atoms with Crippen molar-refractivity contribution < 1.29 is 32.5 Å². The summed E-state index contributed by atoms with van der Waals surface area (Å²) in [6.07, 6.45) is -1.30. The van der Waals surface area contributed by atoms with Gasteiger partial charge in [0.15, 0.2) is 0 Å². The van der Waals surface area contributed by atoms with Gasteiger partial charge in [-0.05, 0) is 50.3 Å². The minimum absolute atomic E-state index is 0.456. The number of hydrogen-bond acceptors (Lipinski definition) is 4. The number of likely N-dealkylation sites (tertiary alicyclic amines) is 1. The Bertz CT molecular complexity index is 638. The predicted octanol–water partition coefficient (Wildman–Crippen LogP) is 3.89. The number of piperidine rings is 1. The monoisotopic (exact) mass is 417 g/mol. The maximum absolute atomic E-state index is 10.6. The second kappa shape index (κ2) is 10.4. The van der Waals surface area contributed by atoms with Crippen LogP contribution in [0.25, 0.3) is 0 Å². The number of hydrogen-bond donors (Lipinski definition) is 1. The molecule has 2 saturated heterocycles. The molecule has 2 fully saturated rings. The molecule has 0 saturated carbocycles. The number of nitrogens with zero attached hydrogens (tertiary/aromatic N) is 1. The first-order valence-electron chi connectivity index (χ1n) is 9.81. The maximum Gasteiger partial charge on any atom is 0.490 e. The van der Waals surface area contributed by atoms with E-state index in [0.29, 0.717) is 11.3 Å². The van der Waals surface area contributed by atoms with Gasteiger partial charge in [-0.25, -0.2) is 4.79 Å². The second-order valence-corrected chi connectivity index (χ2v) is 7.90. The van der Waals surface area contributed by atoms with Gasteiger partial charge < -0.3 is 14.6 Å². The van der Waals surface area contributed by atoms with E-state index in [1.54, 1.807) is 0 Å². The lowest BCUT2D eigenvalue weighted by molar-refractivity contribution is -0.192. The molecule has 8 heteroatoms. The van der Waals surface area contributed by atoms with Crippen LogP contribution in [0, 0.1) is 18.3 Å². The Morgan fingerprint density at radius 1 is 1.24 bits per heavy atom. The van der Waals surface area contributed by atoms with Crippen LogP contribution in [0.5, 0.6) is 0 Å². The molecular formula is C21H30F3NO4. The summed E-state index contributed by atoms with van der Waals surface area (Å²) in [4.78, 5) is 11.5. The van der Waals surface area contributed by atoms with Gasteiger partial charge in [-0.2, -0.15) is 13.2 Å². The van der Waals surface area contributed by atoms with E-state index in [0.717, 1.165) is 26.4 Å². The Morgan fingerprint density at radius 2 is 1.83 bits per heavy atom. The third kappa shape index (κ3) is 6.97. The molecule has 1 atom stereocenters. The molecule has 1 aromatic carbocycles. The second-order valence-electron chi connectivity index (χ2n) is 7.90. The summed E-state index contributed by atoms with van der Waals surface area (Å²) in [7, 11) is 1.81. The zero-order valence-electron chi connectivity index (χ0n) is 17.0. The van der Waals surface area contributed by atoms with Crippen molar-refractivity contribution in [2.75, 3.05) is 40.0 Å². The smallest absolute Gasteiger partial charge is 0.475 e. The topological polar surface area (TPSA) is 59.0 Å². The summed E-state index contributed by atoms with van der Waals surface area (Å²) in [6.45, 7) is 8.29. The third-order valence-corrected chi connectivity index (χ3v) is 5.92. The third-order valence-electron chi connectivity index (χ3n) is 5.92. The highest BCUT2D eigenvalue weighted by molar-refractivity contribution is 5.73. The van der Waals surface area contributed by atoms with Gasteiger partial charge in [0.25, 0.3) is 0 Å². The molecule has 1 unspecified atom stereocenters. The summed E-state index contributed by atoms with van der Waals surface area (Å²) in [5.74, 6) is -2.18. The number of aliphatic carboxylic acids is 1. The van der Waals surface area contributed by atoms with E-state index < -0.39 is 12.1 Å². The summed E-state index contributed by atoms with van der Waals surface area (Å²) in [5, 5.41) is 7.12. The Balaban J connectivity index is 0.000000370. The van der Waals surface area contributed by atoms with E-state index >= 15 is 0 Å². The lowest BCUT2D eigenvalue weighted by atomic mass is 9.66. The van der Waals surface area contributed by atoms with Crippen LogP contribution in [-0.2, 0) is 20.8 Å². The Labute approximate surface area is 169 Å². The van der Waals surface area contributed by atoms with E-state index in [9.17, 15) is 13.2 Å². The van der Waals surface area contributed by atoms with Crippen LogP contribution < -0.4 is 0 Å². The number of carbonyl (C=O) groups is 1. The molecule has 0 radical (unpaired) electrons. The van der Waals surface area contributed by atoms with Crippen molar-refractivity contribution in [2.24, 2.45) is 11.3 Å². The quantitative estimate of drug-likeness (QED) is 0.806. The fraction of sp³-hybridized carbons (Fsp3) is 0.667. The predicted molar refractivity (Wildman–Crippen MR) is 103 cm³/mol. The first-order chi connectivity index (χ1) is 13.7. The van der Waals surface area contributed by atoms with Crippen molar-refractivity contribution in [1.82, 2.24) is 4.90 Å². The highest BCUT2D eigenvalue weighted by atomic mass is 19.4. The Kier molecular flexibility index (Phi) is 8.48. The molecule has 0 bridgehead atoms. The van der Waals surface area contributed by atoms with E-state index in [1.807, 2.05) is 7.11 Å². The highest BCUT2D eigenvalue weighted by Crippen LogP contribution is 2.44. The number of benzene rings is 1. The zero-order chi connectivity index (χ0) is 21.5. The molecule has 0 aromatic heterocycles. The van der Waals surface area contributed by atoms with Crippen LogP contribution in [-0.4, -0.2) is 62.2 Å². The van der Waals surface area contributed by atoms with E-state index in [-0.39, 0.29) is 0 Å². The van der Waals surface area contributed by atoms with Gasteiger partial charge in [0.1, 0.15) is 0 Å². The molecule has 2 aliphatic heterocycles. The molecule has 29 heavy (non-hydrogen) atoms. The minimum atomic E-state index is -5.08. The number of carboxylic acids is 1. The molecule has 5 nitrogen and oxygen atoms in total. The number of alkyl halides is 3. The molecule has 1 spiro atoms. The molecule has 3 rings (SSSR count). The first-order valence-corrected chi connectivity index (χ1v) is 9.81. The molecule has 0 amide bonds. The average molecular weight is 417 g/mol. The van der Waals surface area contributed by atoms with Gasteiger partial charge in [0.05, 0.1) is 13.2 Å². The summed E-state index contributed by atoms with van der Waals surface area (Å²) in [5.41, 5.74) is 3.23. The molecular weight excluding hydrogens is 387 g/mol. The SMILES string of the molecule is COCC1COCCC12CCN(Cc1ccc(C)cc1)CC2.O=C(O)C(F)(F)F. The largest absolute Gasteiger partial charge is 0.490 e. The number of halogens is 3. The van der Waals surface area contributed by atoms with E-state index in [2.05, 4.69) is 36.1 Å². The van der Waals surface area contributed by atoms with Gasteiger partial charge in [-0.15, -0.1) is 0 Å². The minimum Gasteiger partial charge on any atom is -0.475 e. The standard InChI is InChI=1S/C19H29NO2.C2HF3O2/c1-16-3-5-17(6-4-16)13-20-10-7-19(8-11-20)9-12-22-15-18(19)14-21-2;3-2(4,5)1(6)7/h3-6,18H,7-15H2,1-2H3;(H,6,7). The van der Waals surface area contributed by atoms with Crippen LogP contribution in [0.3, 0.4) is 0 Å². The lowest BCUT2D eigenvalue weighted by Gasteiger charge is -2.49. The van der Waals surface area contributed by atoms with Crippen molar-refractivity contribution >= 4 is 5.97 Å². The molecule has 0 aliphatic carbocycles. The highest BCUT2D eigenvalue weighted by Gasteiger charge is 2.43. The fourth-order valence-corrected chi connectivity index (χ4v) is 4.07. The van der Waals surface area contributed by atoms with Crippen molar-refractivity contribution in [1.29, 1.82) is 0 Å². The maximum atomic E-state index is 10.6. The van der Waals surface area contributed by atoms with Crippen LogP contribution in [0.15, 0.2) is 24.3 Å². The number of ether oxygens (including phenoxy) is 2. The van der Waals surface area contributed by atoms with Crippen LogP contribution in [0.4, 0.5) is 13.2 Å². The number of methoxy groups -OCH3 is 1. The Morgan fingerprint density at radius 3 is 2.34 bits per heavy atom. The van der Waals surface area contributed by atoms with E-state index in [4.69, 9.17) is 19.4 Å². The number of carboxylic acid groups (broad SMARTS) is 1. The molecule has 164 valence electrons. The summed E-state index contributed by atoms with van der Waals surface area (Å²) < 4.78 is 42.9. The fourth-order valence-electron chi connectivity index (χ4n) is 4.07. The van der Waals surface area contributed by atoms with Crippen LogP contribution >= 0.6 is 0 Å². The molecule has 1 aromatic rings. The van der Waals surface area contributed by atoms with E-state index in [1.165, 1.54) is 43.5 Å². The van der Waals surface area contributed by atoms with Crippen molar-refractivity contribution in [3.8, 4) is 0 Å².